The summed E-state index contributed by atoms with van der Waals surface area (Å²) in [6.07, 6.45) is 4.07. The average Bonchev–Trinajstić information content (AvgIpc) is 2.33. The molecule has 118 valence electrons. The Hall–Kier alpha value is -0.213. The second kappa shape index (κ2) is 7.17. The highest BCUT2D eigenvalue weighted by molar-refractivity contribution is 7.76. The van der Waals surface area contributed by atoms with Crippen LogP contribution in [0.3, 0.4) is 0 Å². The molecule has 0 aromatic carbocycles. The molecule has 0 saturated heterocycles. The molecule has 1 atom stereocenters. The van der Waals surface area contributed by atoms with Crippen LogP contribution in [0.1, 0.15) is 46.5 Å². The fourth-order valence-electron chi connectivity index (χ4n) is 1.87. The first-order valence-corrected chi connectivity index (χ1v) is 11.1. The van der Waals surface area contributed by atoms with Crippen LogP contribution in [0.15, 0.2) is 11.3 Å². The second-order valence-corrected chi connectivity index (χ2v) is 12.3. The van der Waals surface area contributed by atoms with Crippen molar-refractivity contribution in [3.8, 4) is 0 Å². The lowest BCUT2D eigenvalue weighted by Crippen LogP contribution is -2.42. The predicted octanol–water partition coefficient (Wildman–Crippen LogP) is 2.72. The molecule has 0 aliphatic heterocycles. The van der Waals surface area contributed by atoms with Crippen LogP contribution < -0.4 is 10.3 Å². The molecule has 1 rings (SSSR count). The molecule has 1 aliphatic rings. The summed E-state index contributed by atoms with van der Waals surface area (Å²) >= 11 is -2.29. The maximum Gasteiger partial charge on any atom is 0.192 e. The van der Waals surface area contributed by atoms with Crippen LogP contribution >= 0.6 is 0 Å². The van der Waals surface area contributed by atoms with Gasteiger partial charge in [0.25, 0.3) is 0 Å². The van der Waals surface area contributed by atoms with E-state index in [9.17, 15) is 8.76 Å². The average molecular weight is 320 g/mol. The highest BCUT2D eigenvalue weighted by Gasteiger charge is 2.37. The molecule has 0 bridgehead atoms. The van der Waals surface area contributed by atoms with Crippen LogP contribution in [0.25, 0.3) is 0 Å². The Kier molecular flexibility index (Phi) is 6.40. The van der Waals surface area contributed by atoms with E-state index in [-0.39, 0.29) is 5.04 Å². The minimum atomic E-state index is -2.29. The molecule has 0 aromatic rings. The van der Waals surface area contributed by atoms with Gasteiger partial charge >= 0.3 is 0 Å². The summed E-state index contributed by atoms with van der Waals surface area (Å²) in [5.41, 5.74) is 4.96. The Morgan fingerprint density at radius 3 is 2.45 bits per heavy atom. The molecule has 0 fully saturated rings. The van der Waals surface area contributed by atoms with Crippen molar-refractivity contribution in [2.75, 3.05) is 6.61 Å². The van der Waals surface area contributed by atoms with Crippen LogP contribution in [0.5, 0.6) is 0 Å². The molecule has 1 unspecified atom stereocenters. The number of rotatable bonds is 6. The van der Waals surface area contributed by atoms with Crippen LogP contribution in [0.2, 0.25) is 18.1 Å². The minimum absolute atomic E-state index is 0.185. The molecule has 1 aliphatic carbocycles. The summed E-state index contributed by atoms with van der Waals surface area (Å²) in [6, 6.07) is 0. The Morgan fingerprint density at radius 1 is 1.30 bits per heavy atom. The van der Waals surface area contributed by atoms with Crippen LogP contribution in [-0.4, -0.2) is 23.7 Å². The molecule has 0 aromatic heterocycles. The topological polar surface area (TPSA) is 73.4 Å². The number of hydrazine groups is 1. The molecule has 2 N–H and O–H groups in total. The third kappa shape index (κ3) is 5.29. The molecule has 0 amide bonds. The summed E-state index contributed by atoms with van der Waals surface area (Å²) in [5, 5.41) is 0.185. The Balaban J connectivity index is 2.68. The normalized spacial score (nSPS) is 19.1. The first-order chi connectivity index (χ1) is 9.13. The largest absolute Gasteiger partial charge is 0.759 e. The van der Waals surface area contributed by atoms with Crippen molar-refractivity contribution in [1.29, 1.82) is 0 Å². The SMILES string of the molecule is CC(C)(C)[Si](C)(C)OCC1=C(NNS(=O)[O-])CCCC1. The molecule has 5 nitrogen and oxygen atoms in total. The molecule has 0 radical (unpaired) electrons. The smallest absolute Gasteiger partial charge is 0.192 e. The standard InChI is InChI=1S/C13H28N2O3SSi/c1-13(2,3)20(4,5)18-10-11-8-6-7-9-12(11)14-15-19(16)17/h14-15H,6-10H2,1-5H3,(H,16,17)/p-1. The first-order valence-electron chi connectivity index (χ1n) is 7.09. The van der Waals surface area contributed by atoms with Crippen molar-refractivity contribution in [3.05, 3.63) is 11.3 Å². The third-order valence-corrected chi connectivity index (χ3v) is 9.03. The van der Waals surface area contributed by atoms with E-state index >= 15 is 0 Å². The lowest BCUT2D eigenvalue weighted by Gasteiger charge is -2.37. The van der Waals surface area contributed by atoms with Gasteiger partial charge in [-0.2, -0.15) is 4.83 Å². The van der Waals surface area contributed by atoms with E-state index in [2.05, 4.69) is 44.1 Å². The first kappa shape index (κ1) is 17.8. The van der Waals surface area contributed by atoms with Gasteiger partial charge in [0.1, 0.15) is 0 Å². The second-order valence-electron chi connectivity index (χ2n) is 6.80. The van der Waals surface area contributed by atoms with Crippen LogP contribution in [0, 0.1) is 0 Å². The Labute approximate surface area is 126 Å². The van der Waals surface area contributed by atoms with Crippen molar-refractivity contribution in [1.82, 2.24) is 10.3 Å². The Bertz CT molecular complexity index is 392. The summed E-state index contributed by atoms with van der Waals surface area (Å²) < 4.78 is 27.4. The monoisotopic (exact) mass is 319 g/mol. The van der Waals surface area contributed by atoms with Gasteiger partial charge in [-0.05, 0) is 49.4 Å². The molecule has 0 saturated carbocycles. The predicted molar refractivity (Wildman–Crippen MR) is 83.8 cm³/mol. The van der Waals surface area contributed by atoms with Gasteiger partial charge in [-0.1, -0.05) is 20.8 Å². The number of hydrogen-bond donors (Lipinski definition) is 2. The van der Waals surface area contributed by atoms with Gasteiger partial charge in [-0.3, -0.25) is 4.21 Å². The fraction of sp³-hybridized carbons (Fsp3) is 0.846. The lowest BCUT2D eigenvalue weighted by atomic mass is 9.97. The maximum absolute atomic E-state index is 10.6. The van der Waals surface area contributed by atoms with Gasteiger partial charge in [-0.15, -0.1) is 0 Å². The van der Waals surface area contributed by atoms with Gasteiger partial charge in [0, 0.05) is 17.0 Å². The minimum Gasteiger partial charge on any atom is -0.759 e. The van der Waals surface area contributed by atoms with E-state index in [0.29, 0.717) is 6.61 Å². The zero-order chi connectivity index (χ0) is 15.4. The summed E-state index contributed by atoms with van der Waals surface area (Å²) in [7, 11) is -1.77. The van der Waals surface area contributed by atoms with Gasteiger partial charge in [0.15, 0.2) is 8.32 Å². The van der Waals surface area contributed by atoms with Gasteiger partial charge in [0.2, 0.25) is 0 Å². The maximum atomic E-state index is 10.6. The molecular weight excluding hydrogens is 292 g/mol. The summed E-state index contributed by atoms with van der Waals surface area (Å²) in [4.78, 5) is 2.24. The highest BCUT2D eigenvalue weighted by atomic mass is 32.2. The third-order valence-electron chi connectivity index (χ3n) is 4.28. The number of hydrogen-bond acceptors (Lipinski definition) is 4. The zero-order valence-corrected chi connectivity index (χ0v) is 15.0. The highest BCUT2D eigenvalue weighted by Crippen LogP contribution is 2.37. The van der Waals surface area contributed by atoms with E-state index in [0.717, 1.165) is 31.4 Å². The van der Waals surface area contributed by atoms with Crippen molar-refractivity contribution in [2.24, 2.45) is 0 Å². The molecule has 7 heteroatoms. The van der Waals surface area contributed by atoms with E-state index in [4.69, 9.17) is 4.43 Å². The van der Waals surface area contributed by atoms with Gasteiger partial charge < -0.3 is 14.4 Å². The van der Waals surface area contributed by atoms with Crippen LogP contribution in [0.4, 0.5) is 0 Å². The van der Waals surface area contributed by atoms with E-state index < -0.39 is 19.6 Å². The van der Waals surface area contributed by atoms with Gasteiger partial charge in [0.05, 0.1) is 6.61 Å². The van der Waals surface area contributed by atoms with Crippen molar-refractivity contribution >= 4 is 19.6 Å². The van der Waals surface area contributed by atoms with Crippen molar-refractivity contribution < 1.29 is 13.2 Å². The quantitative estimate of drug-likeness (QED) is 0.448. The van der Waals surface area contributed by atoms with Gasteiger partial charge in [-0.25, -0.2) is 0 Å². The Morgan fingerprint density at radius 2 is 1.90 bits per heavy atom. The van der Waals surface area contributed by atoms with Crippen molar-refractivity contribution in [2.45, 2.75) is 64.6 Å². The summed E-state index contributed by atoms with van der Waals surface area (Å²) in [6.45, 7) is 11.7. The number of allylic oxidation sites excluding steroid dienone is 1. The van der Waals surface area contributed by atoms with E-state index in [1.54, 1.807) is 0 Å². The molecule has 0 spiro atoms. The summed E-state index contributed by atoms with van der Waals surface area (Å²) in [5.74, 6) is 0. The molecule has 0 heterocycles. The van der Waals surface area contributed by atoms with E-state index in [1.807, 2.05) is 0 Å². The van der Waals surface area contributed by atoms with E-state index in [1.165, 1.54) is 5.57 Å². The fourth-order valence-corrected chi connectivity index (χ4v) is 3.04. The van der Waals surface area contributed by atoms with Crippen molar-refractivity contribution in [3.63, 3.8) is 0 Å². The lowest BCUT2D eigenvalue weighted by molar-refractivity contribution is 0.308. The number of nitrogens with one attached hydrogen (secondary N) is 2. The molecule has 20 heavy (non-hydrogen) atoms. The zero-order valence-electron chi connectivity index (χ0n) is 13.2. The van der Waals surface area contributed by atoms with Crippen LogP contribution in [-0.2, 0) is 15.7 Å². The molecular formula is C13H27N2O3SSi-.